The van der Waals surface area contributed by atoms with Crippen molar-refractivity contribution in [2.45, 2.75) is 32.8 Å². The summed E-state index contributed by atoms with van der Waals surface area (Å²) >= 11 is 0. The van der Waals surface area contributed by atoms with E-state index in [9.17, 15) is 14.7 Å². The minimum atomic E-state index is -0.762. The van der Waals surface area contributed by atoms with Crippen molar-refractivity contribution >= 4 is 11.8 Å². The van der Waals surface area contributed by atoms with Crippen LogP contribution in [0.3, 0.4) is 0 Å². The molecule has 104 valence electrons. The lowest BCUT2D eigenvalue weighted by atomic mass is 9.75. The van der Waals surface area contributed by atoms with Crippen LogP contribution in [-0.2, 0) is 9.53 Å². The second kappa shape index (κ2) is 4.20. The first kappa shape index (κ1) is 12.9. The molecular formula is C16H16O4. The largest absolute Gasteiger partial charge is 0.512 e. The summed E-state index contributed by atoms with van der Waals surface area (Å²) < 4.78 is 5.30. The number of cyclic esters (lactones) is 1. The van der Waals surface area contributed by atoms with E-state index in [1.54, 1.807) is 24.3 Å². The van der Waals surface area contributed by atoms with Crippen molar-refractivity contribution < 1.29 is 19.4 Å². The molecule has 0 aromatic heterocycles. The summed E-state index contributed by atoms with van der Waals surface area (Å²) in [6.45, 7) is 3.87. The van der Waals surface area contributed by atoms with Crippen LogP contribution in [0.4, 0.5) is 0 Å². The molecule has 4 heteroatoms. The van der Waals surface area contributed by atoms with Gasteiger partial charge in [0.1, 0.15) is 5.76 Å². The number of hydrogen-bond donors (Lipinski definition) is 1. The Morgan fingerprint density at radius 3 is 2.60 bits per heavy atom. The van der Waals surface area contributed by atoms with Gasteiger partial charge < -0.3 is 9.84 Å². The molecule has 1 heterocycles. The molecule has 1 N–H and O–H groups in total. The standard InChI is InChI=1S/C16H16O4/c1-16(2)7-11(17)13(12(18)8-16)14-9-5-3-4-6-10(9)15(19)20-14/h3-6,14,17H,7-8H2,1-2H3/t14-/m0/s1. The predicted molar refractivity (Wildman–Crippen MR) is 72.3 cm³/mol. The topological polar surface area (TPSA) is 63.6 Å². The fraction of sp³-hybridized carbons (Fsp3) is 0.375. The zero-order chi connectivity index (χ0) is 14.5. The summed E-state index contributed by atoms with van der Waals surface area (Å²) in [6, 6.07) is 6.98. The number of ketones is 1. The van der Waals surface area contributed by atoms with Gasteiger partial charge in [-0.25, -0.2) is 4.79 Å². The molecular weight excluding hydrogens is 256 g/mol. The molecule has 1 atom stereocenters. The van der Waals surface area contributed by atoms with Crippen molar-refractivity contribution in [3.63, 3.8) is 0 Å². The van der Waals surface area contributed by atoms with Gasteiger partial charge in [0.25, 0.3) is 0 Å². The highest BCUT2D eigenvalue weighted by molar-refractivity contribution is 6.02. The average Bonchev–Trinajstić information content (AvgIpc) is 2.65. The van der Waals surface area contributed by atoms with Gasteiger partial charge in [0.15, 0.2) is 11.9 Å². The maximum Gasteiger partial charge on any atom is 0.339 e. The first-order valence-corrected chi connectivity index (χ1v) is 6.64. The van der Waals surface area contributed by atoms with E-state index in [-0.39, 0.29) is 22.5 Å². The minimum Gasteiger partial charge on any atom is -0.512 e. The molecule has 0 spiro atoms. The van der Waals surface area contributed by atoms with Gasteiger partial charge in [-0.05, 0) is 11.5 Å². The van der Waals surface area contributed by atoms with E-state index in [4.69, 9.17) is 4.74 Å². The number of aliphatic hydroxyl groups is 1. The van der Waals surface area contributed by atoms with Crippen LogP contribution in [0, 0.1) is 5.41 Å². The fourth-order valence-electron chi connectivity index (χ4n) is 2.96. The van der Waals surface area contributed by atoms with E-state index in [1.165, 1.54) is 0 Å². The Kier molecular flexibility index (Phi) is 2.71. The molecule has 0 radical (unpaired) electrons. The summed E-state index contributed by atoms with van der Waals surface area (Å²) in [5.74, 6) is -0.544. The zero-order valence-electron chi connectivity index (χ0n) is 11.5. The second-order valence-corrected chi connectivity index (χ2v) is 6.17. The van der Waals surface area contributed by atoms with Crippen LogP contribution in [-0.4, -0.2) is 16.9 Å². The molecule has 0 fully saturated rings. The quantitative estimate of drug-likeness (QED) is 0.798. The number of hydrogen-bond acceptors (Lipinski definition) is 4. The third-order valence-electron chi connectivity index (χ3n) is 3.85. The molecule has 1 aromatic rings. The van der Waals surface area contributed by atoms with Crippen LogP contribution >= 0.6 is 0 Å². The maximum absolute atomic E-state index is 12.3. The monoisotopic (exact) mass is 272 g/mol. The number of rotatable bonds is 1. The Balaban J connectivity index is 2.07. The fourth-order valence-corrected chi connectivity index (χ4v) is 2.96. The van der Waals surface area contributed by atoms with E-state index >= 15 is 0 Å². The molecule has 0 bridgehead atoms. The molecule has 0 unspecified atom stereocenters. The third kappa shape index (κ3) is 1.92. The number of aliphatic hydroxyl groups excluding tert-OH is 1. The highest BCUT2D eigenvalue weighted by atomic mass is 16.5. The average molecular weight is 272 g/mol. The van der Waals surface area contributed by atoms with Gasteiger partial charge in [-0.3, -0.25) is 4.79 Å². The van der Waals surface area contributed by atoms with Crippen molar-refractivity contribution in [1.82, 2.24) is 0 Å². The maximum atomic E-state index is 12.3. The lowest BCUT2D eigenvalue weighted by Gasteiger charge is -2.31. The van der Waals surface area contributed by atoms with Crippen molar-refractivity contribution in [2.24, 2.45) is 5.41 Å². The lowest BCUT2D eigenvalue weighted by molar-refractivity contribution is -0.119. The molecule has 0 saturated carbocycles. The lowest BCUT2D eigenvalue weighted by Crippen LogP contribution is -2.28. The molecule has 0 saturated heterocycles. The van der Waals surface area contributed by atoms with Gasteiger partial charge in [0.05, 0.1) is 11.1 Å². The molecule has 4 nitrogen and oxygen atoms in total. The Morgan fingerprint density at radius 2 is 1.90 bits per heavy atom. The summed E-state index contributed by atoms with van der Waals surface area (Å²) in [5.41, 5.74) is 1.11. The zero-order valence-corrected chi connectivity index (χ0v) is 11.5. The molecule has 20 heavy (non-hydrogen) atoms. The minimum absolute atomic E-state index is 0.0424. The highest BCUT2D eigenvalue weighted by Gasteiger charge is 2.42. The van der Waals surface area contributed by atoms with Crippen LogP contribution < -0.4 is 0 Å². The smallest absolute Gasteiger partial charge is 0.339 e. The van der Waals surface area contributed by atoms with Gasteiger partial charge in [-0.15, -0.1) is 0 Å². The molecule has 3 rings (SSSR count). The Bertz CT molecular complexity index is 640. The third-order valence-corrected chi connectivity index (χ3v) is 3.85. The van der Waals surface area contributed by atoms with Crippen LogP contribution in [0.2, 0.25) is 0 Å². The Labute approximate surface area is 117 Å². The van der Waals surface area contributed by atoms with Crippen LogP contribution in [0.1, 0.15) is 48.7 Å². The van der Waals surface area contributed by atoms with Crippen molar-refractivity contribution in [1.29, 1.82) is 0 Å². The molecule has 2 aliphatic rings. The number of ether oxygens (including phenoxy) is 1. The molecule has 1 aromatic carbocycles. The normalized spacial score (nSPS) is 24.6. The van der Waals surface area contributed by atoms with Gasteiger partial charge >= 0.3 is 5.97 Å². The predicted octanol–water partition coefficient (Wildman–Crippen LogP) is 3.10. The van der Waals surface area contributed by atoms with E-state index in [0.29, 0.717) is 24.0 Å². The van der Waals surface area contributed by atoms with E-state index in [2.05, 4.69) is 0 Å². The molecule has 1 aliphatic heterocycles. The molecule has 0 amide bonds. The van der Waals surface area contributed by atoms with Crippen molar-refractivity contribution in [3.05, 3.63) is 46.7 Å². The number of esters is 1. The number of Topliss-reactive ketones (excluding diaryl/α,β-unsaturated/α-hetero) is 1. The SMILES string of the molecule is CC1(C)CC(=O)C([C@H]2OC(=O)c3ccccc32)=C(O)C1. The summed E-state index contributed by atoms with van der Waals surface area (Å²) in [7, 11) is 0. The van der Waals surface area contributed by atoms with Crippen LogP contribution in [0.5, 0.6) is 0 Å². The first-order valence-electron chi connectivity index (χ1n) is 6.64. The first-order chi connectivity index (χ1) is 9.39. The highest BCUT2D eigenvalue weighted by Crippen LogP contribution is 2.44. The number of carbonyl (C=O) groups is 2. The summed E-state index contributed by atoms with van der Waals surface area (Å²) in [5, 5.41) is 10.2. The van der Waals surface area contributed by atoms with Crippen LogP contribution in [0.15, 0.2) is 35.6 Å². The second-order valence-electron chi connectivity index (χ2n) is 6.17. The van der Waals surface area contributed by atoms with Crippen LogP contribution in [0.25, 0.3) is 0 Å². The van der Waals surface area contributed by atoms with E-state index < -0.39 is 12.1 Å². The van der Waals surface area contributed by atoms with Gasteiger partial charge in [0.2, 0.25) is 0 Å². The molecule has 1 aliphatic carbocycles. The summed E-state index contributed by atoms with van der Waals surface area (Å²) in [6.07, 6.45) is 0.00898. The van der Waals surface area contributed by atoms with Crippen molar-refractivity contribution in [3.8, 4) is 0 Å². The summed E-state index contributed by atoms with van der Waals surface area (Å²) in [4.78, 5) is 24.1. The van der Waals surface area contributed by atoms with Gasteiger partial charge in [0, 0.05) is 18.4 Å². The number of carbonyl (C=O) groups excluding carboxylic acids is 2. The van der Waals surface area contributed by atoms with Gasteiger partial charge in [-0.1, -0.05) is 32.0 Å². The van der Waals surface area contributed by atoms with Gasteiger partial charge in [-0.2, -0.15) is 0 Å². The van der Waals surface area contributed by atoms with Crippen molar-refractivity contribution in [2.75, 3.05) is 0 Å². The Hall–Kier alpha value is -2.10. The number of allylic oxidation sites excluding steroid dienone is 1. The van der Waals surface area contributed by atoms with E-state index in [0.717, 1.165) is 0 Å². The van der Waals surface area contributed by atoms with E-state index in [1.807, 2.05) is 13.8 Å². The Morgan fingerprint density at radius 1 is 1.20 bits per heavy atom. The number of benzene rings is 1. The number of fused-ring (bicyclic) bond motifs is 1.